The Labute approximate surface area is 158 Å². The molecule has 1 aromatic heterocycles. The van der Waals surface area contributed by atoms with Gasteiger partial charge in [0, 0.05) is 18.7 Å². The summed E-state index contributed by atoms with van der Waals surface area (Å²) in [6.45, 7) is 8.50. The minimum atomic E-state index is -0.364. The van der Waals surface area contributed by atoms with Crippen molar-refractivity contribution in [1.29, 1.82) is 0 Å². The van der Waals surface area contributed by atoms with Gasteiger partial charge in [-0.2, -0.15) is 0 Å². The Balaban J connectivity index is 1.64. The molecule has 138 valence electrons. The van der Waals surface area contributed by atoms with Gasteiger partial charge in [0.05, 0.1) is 17.0 Å². The minimum Gasteiger partial charge on any atom is -0.311 e. The van der Waals surface area contributed by atoms with Gasteiger partial charge in [0.1, 0.15) is 6.33 Å². The maximum absolute atomic E-state index is 13.1. The summed E-state index contributed by atoms with van der Waals surface area (Å²) in [5, 5.41) is 0. The molecule has 1 atom stereocenters. The van der Waals surface area contributed by atoms with E-state index in [2.05, 4.69) is 11.1 Å². The lowest BCUT2D eigenvalue weighted by molar-refractivity contribution is -0.117. The largest absolute Gasteiger partial charge is 0.311 e. The second-order valence-electron chi connectivity index (χ2n) is 7.57. The highest BCUT2D eigenvalue weighted by Gasteiger charge is 2.36. The first kappa shape index (κ1) is 17.5. The summed E-state index contributed by atoms with van der Waals surface area (Å²) in [4.78, 5) is 31.8. The van der Waals surface area contributed by atoms with E-state index in [0.29, 0.717) is 6.54 Å². The van der Waals surface area contributed by atoms with Crippen LogP contribution in [0.3, 0.4) is 0 Å². The lowest BCUT2D eigenvalue weighted by Gasteiger charge is -2.19. The summed E-state index contributed by atoms with van der Waals surface area (Å²) in [5.41, 5.74) is 6.99. The fourth-order valence-electron chi connectivity index (χ4n) is 3.85. The number of benzene rings is 2. The zero-order valence-electron chi connectivity index (χ0n) is 16.1. The number of aryl methyl sites for hydroxylation is 4. The molecule has 0 N–H and O–H groups in total. The second kappa shape index (κ2) is 6.34. The Bertz CT molecular complexity index is 1080. The van der Waals surface area contributed by atoms with Crippen LogP contribution >= 0.6 is 0 Å². The predicted molar refractivity (Wildman–Crippen MR) is 106 cm³/mol. The van der Waals surface area contributed by atoms with Crippen LogP contribution < -0.4 is 4.90 Å². The van der Waals surface area contributed by atoms with Crippen molar-refractivity contribution in [3.8, 4) is 0 Å². The molecule has 27 heavy (non-hydrogen) atoms. The average molecular weight is 361 g/mol. The van der Waals surface area contributed by atoms with E-state index >= 15 is 0 Å². The number of fused-ring (bicyclic) bond motifs is 1. The SMILES string of the molecule is Cc1ccc(N2CC(C(=O)n3cnc4cc(C)c(C)cc43)CC2=O)c(C)c1. The maximum atomic E-state index is 13.1. The molecule has 5 nitrogen and oxygen atoms in total. The third-order valence-electron chi connectivity index (χ3n) is 5.52. The molecule has 0 aliphatic carbocycles. The highest BCUT2D eigenvalue weighted by Crippen LogP contribution is 2.30. The smallest absolute Gasteiger partial charge is 0.237 e. The highest BCUT2D eigenvalue weighted by atomic mass is 16.2. The number of anilines is 1. The fraction of sp³-hybridized carbons (Fsp3) is 0.318. The number of hydrogen-bond acceptors (Lipinski definition) is 3. The quantitative estimate of drug-likeness (QED) is 0.694. The molecule has 4 rings (SSSR count). The monoisotopic (exact) mass is 361 g/mol. The van der Waals surface area contributed by atoms with E-state index in [1.807, 2.05) is 52.0 Å². The summed E-state index contributed by atoms with van der Waals surface area (Å²) >= 11 is 0. The molecule has 3 aromatic rings. The Morgan fingerprint density at radius 3 is 2.52 bits per heavy atom. The van der Waals surface area contributed by atoms with E-state index < -0.39 is 0 Å². The molecule has 1 aliphatic heterocycles. The predicted octanol–water partition coefficient (Wildman–Crippen LogP) is 3.96. The van der Waals surface area contributed by atoms with Crippen molar-refractivity contribution in [2.24, 2.45) is 5.92 Å². The zero-order chi connectivity index (χ0) is 19.3. The maximum Gasteiger partial charge on any atom is 0.237 e. The number of carbonyl (C=O) groups is 2. The van der Waals surface area contributed by atoms with Gasteiger partial charge in [0.25, 0.3) is 0 Å². The van der Waals surface area contributed by atoms with E-state index in [1.54, 1.807) is 15.8 Å². The van der Waals surface area contributed by atoms with Gasteiger partial charge in [-0.1, -0.05) is 17.7 Å². The molecular formula is C22H23N3O2. The lowest BCUT2D eigenvalue weighted by Crippen LogP contribution is -2.28. The summed E-state index contributed by atoms with van der Waals surface area (Å²) in [5.74, 6) is -0.435. The van der Waals surface area contributed by atoms with Gasteiger partial charge in [-0.05, 0) is 62.6 Å². The summed E-state index contributed by atoms with van der Waals surface area (Å²) < 4.78 is 1.60. The Hall–Kier alpha value is -2.95. The van der Waals surface area contributed by atoms with Crippen LogP contribution in [-0.2, 0) is 4.79 Å². The van der Waals surface area contributed by atoms with Gasteiger partial charge in [-0.3, -0.25) is 14.2 Å². The van der Waals surface area contributed by atoms with E-state index in [4.69, 9.17) is 0 Å². The van der Waals surface area contributed by atoms with Crippen molar-refractivity contribution < 1.29 is 9.59 Å². The topological polar surface area (TPSA) is 55.2 Å². The third-order valence-corrected chi connectivity index (χ3v) is 5.52. The molecular weight excluding hydrogens is 338 g/mol. The molecule has 2 aromatic carbocycles. The fourth-order valence-corrected chi connectivity index (χ4v) is 3.85. The van der Waals surface area contributed by atoms with E-state index in [0.717, 1.165) is 39.0 Å². The number of aromatic nitrogens is 2. The zero-order valence-corrected chi connectivity index (χ0v) is 16.1. The number of rotatable bonds is 2. The Morgan fingerprint density at radius 1 is 1.04 bits per heavy atom. The van der Waals surface area contributed by atoms with Crippen LogP contribution in [0.15, 0.2) is 36.7 Å². The van der Waals surface area contributed by atoms with Crippen LogP contribution in [0.4, 0.5) is 5.69 Å². The Kier molecular flexibility index (Phi) is 4.10. The molecule has 5 heteroatoms. The van der Waals surface area contributed by atoms with Crippen molar-refractivity contribution in [3.63, 3.8) is 0 Å². The summed E-state index contributed by atoms with van der Waals surface area (Å²) in [7, 11) is 0. The van der Waals surface area contributed by atoms with Crippen LogP contribution in [0, 0.1) is 33.6 Å². The van der Waals surface area contributed by atoms with Crippen LogP contribution in [0.25, 0.3) is 11.0 Å². The molecule has 0 radical (unpaired) electrons. The van der Waals surface area contributed by atoms with Crippen molar-refractivity contribution >= 4 is 28.5 Å². The molecule has 1 aliphatic rings. The van der Waals surface area contributed by atoms with Crippen molar-refractivity contribution in [3.05, 3.63) is 58.9 Å². The van der Waals surface area contributed by atoms with Gasteiger partial charge in [0.15, 0.2) is 0 Å². The number of nitrogens with zero attached hydrogens (tertiary/aromatic N) is 3. The molecule has 0 spiro atoms. The standard InChI is InChI=1S/C22H23N3O2/c1-13-5-6-19(16(4)7-13)24-11-17(10-21(24)26)22(27)25-12-23-18-8-14(2)15(3)9-20(18)25/h5-9,12,17H,10-11H2,1-4H3. The van der Waals surface area contributed by atoms with E-state index in [-0.39, 0.29) is 24.2 Å². The van der Waals surface area contributed by atoms with Gasteiger partial charge < -0.3 is 4.90 Å². The van der Waals surface area contributed by atoms with Crippen LogP contribution in [-0.4, -0.2) is 27.9 Å². The number of imidazole rings is 1. The van der Waals surface area contributed by atoms with Crippen molar-refractivity contribution in [2.45, 2.75) is 34.1 Å². The molecule has 1 fully saturated rings. The van der Waals surface area contributed by atoms with Gasteiger partial charge in [0.2, 0.25) is 11.8 Å². The summed E-state index contributed by atoms with van der Waals surface area (Å²) in [6, 6.07) is 10.0. The normalized spacial score (nSPS) is 17.1. The molecule has 0 saturated carbocycles. The first-order chi connectivity index (χ1) is 12.8. The summed E-state index contributed by atoms with van der Waals surface area (Å²) in [6.07, 6.45) is 1.81. The van der Waals surface area contributed by atoms with Crippen LogP contribution in [0.1, 0.15) is 33.5 Å². The molecule has 1 unspecified atom stereocenters. The highest BCUT2D eigenvalue weighted by molar-refractivity contribution is 6.02. The van der Waals surface area contributed by atoms with Crippen LogP contribution in [0.5, 0.6) is 0 Å². The first-order valence-electron chi connectivity index (χ1n) is 9.21. The molecule has 2 heterocycles. The van der Waals surface area contributed by atoms with Gasteiger partial charge in [-0.25, -0.2) is 4.98 Å². The van der Waals surface area contributed by atoms with Crippen LogP contribution in [0.2, 0.25) is 0 Å². The lowest BCUT2D eigenvalue weighted by atomic mass is 10.1. The van der Waals surface area contributed by atoms with Gasteiger partial charge >= 0.3 is 0 Å². The minimum absolute atomic E-state index is 0.00301. The van der Waals surface area contributed by atoms with Gasteiger partial charge in [-0.15, -0.1) is 0 Å². The third kappa shape index (κ3) is 2.93. The Morgan fingerprint density at radius 2 is 1.78 bits per heavy atom. The number of carbonyl (C=O) groups excluding carboxylic acids is 2. The van der Waals surface area contributed by atoms with Crippen molar-refractivity contribution in [2.75, 3.05) is 11.4 Å². The second-order valence-corrected chi connectivity index (χ2v) is 7.57. The number of hydrogen-bond donors (Lipinski definition) is 0. The average Bonchev–Trinajstić information content (AvgIpc) is 3.19. The number of amides is 1. The molecule has 1 amide bonds. The molecule has 0 bridgehead atoms. The molecule has 1 saturated heterocycles. The first-order valence-corrected chi connectivity index (χ1v) is 9.21. The van der Waals surface area contributed by atoms with E-state index in [9.17, 15) is 9.59 Å². The van der Waals surface area contributed by atoms with Crippen molar-refractivity contribution in [1.82, 2.24) is 9.55 Å². The van der Waals surface area contributed by atoms with E-state index in [1.165, 1.54) is 0 Å².